The molecule has 1 unspecified atom stereocenters. The zero-order chi connectivity index (χ0) is 24.8. The monoisotopic (exact) mass is 490 g/mol. The van der Waals surface area contributed by atoms with Crippen LogP contribution in [0.5, 0.6) is 5.75 Å². The topological polar surface area (TPSA) is 49.9 Å². The van der Waals surface area contributed by atoms with E-state index in [1.165, 1.54) is 10.4 Å². The maximum absolute atomic E-state index is 13.6. The molecule has 184 valence electrons. The van der Waals surface area contributed by atoms with Crippen LogP contribution in [-0.4, -0.2) is 47.9 Å². The first kappa shape index (κ1) is 25.0. The van der Waals surface area contributed by atoms with Crippen molar-refractivity contribution in [3.63, 3.8) is 0 Å². The summed E-state index contributed by atoms with van der Waals surface area (Å²) in [5.41, 5.74) is 4.41. The summed E-state index contributed by atoms with van der Waals surface area (Å²) in [5, 5.41) is 2.09. The minimum absolute atomic E-state index is 0.0114. The molecule has 0 bridgehead atoms. The summed E-state index contributed by atoms with van der Waals surface area (Å²) < 4.78 is 6.25. The SMILES string of the molecule is CCCN(CC(=O)N1CCc2sccc2C1COc1ccc(C)cc1C)C(=O)Cc1ccccc1. The van der Waals surface area contributed by atoms with E-state index in [0.717, 1.165) is 35.3 Å². The van der Waals surface area contributed by atoms with Crippen molar-refractivity contribution in [2.24, 2.45) is 0 Å². The molecule has 1 aromatic heterocycles. The molecule has 0 radical (unpaired) electrons. The van der Waals surface area contributed by atoms with Crippen molar-refractivity contribution in [2.45, 2.75) is 46.1 Å². The highest BCUT2D eigenvalue weighted by Gasteiger charge is 2.33. The summed E-state index contributed by atoms with van der Waals surface area (Å²) in [6.45, 7) is 7.84. The molecule has 6 heteroatoms. The van der Waals surface area contributed by atoms with Crippen LogP contribution in [0.4, 0.5) is 0 Å². The maximum Gasteiger partial charge on any atom is 0.242 e. The van der Waals surface area contributed by atoms with Crippen molar-refractivity contribution < 1.29 is 14.3 Å². The Balaban J connectivity index is 1.49. The van der Waals surface area contributed by atoms with Gasteiger partial charge in [-0.05, 0) is 60.9 Å². The molecule has 3 aromatic rings. The van der Waals surface area contributed by atoms with Crippen LogP contribution in [-0.2, 0) is 22.4 Å². The molecular weight excluding hydrogens is 456 g/mol. The fraction of sp³-hybridized carbons (Fsp3) is 0.379. The standard InChI is InChI=1S/C29H34N2O3S/c1-4-14-30(28(32)18-23-8-6-5-7-9-23)19-29(33)31-15-12-27-24(13-16-35-27)25(31)20-34-26-11-10-21(2)17-22(26)3/h5-11,13,16-17,25H,4,12,14-15,18-20H2,1-3H3. The fourth-order valence-electron chi connectivity index (χ4n) is 4.70. The molecular formula is C29H34N2O3S. The molecule has 1 aliphatic rings. The van der Waals surface area contributed by atoms with Crippen LogP contribution in [0.3, 0.4) is 0 Å². The Bertz CT molecular complexity index is 1160. The first-order valence-electron chi connectivity index (χ1n) is 12.3. The zero-order valence-corrected chi connectivity index (χ0v) is 21.6. The summed E-state index contributed by atoms with van der Waals surface area (Å²) >= 11 is 1.74. The van der Waals surface area contributed by atoms with Gasteiger partial charge in [-0.25, -0.2) is 0 Å². The van der Waals surface area contributed by atoms with E-state index < -0.39 is 0 Å². The number of thiophene rings is 1. The molecule has 0 aliphatic carbocycles. The summed E-state index contributed by atoms with van der Waals surface area (Å²) in [5.74, 6) is 0.810. The van der Waals surface area contributed by atoms with Gasteiger partial charge in [0.05, 0.1) is 19.0 Å². The molecule has 1 aliphatic heterocycles. The van der Waals surface area contributed by atoms with Gasteiger partial charge in [0.25, 0.3) is 0 Å². The highest BCUT2D eigenvalue weighted by atomic mass is 32.1. The number of amides is 2. The van der Waals surface area contributed by atoms with Gasteiger partial charge in [-0.2, -0.15) is 0 Å². The van der Waals surface area contributed by atoms with E-state index in [2.05, 4.69) is 24.4 Å². The van der Waals surface area contributed by atoms with E-state index in [1.807, 2.05) is 61.2 Å². The molecule has 2 aromatic carbocycles. The molecule has 1 atom stereocenters. The minimum atomic E-state index is -0.161. The molecule has 2 heterocycles. The van der Waals surface area contributed by atoms with Crippen LogP contribution < -0.4 is 4.74 Å². The van der Waals surface area contributed by atoms with Crippen LogP contribution >= 0.6 is 11.3 Å². The second-order valence-electron chi connectivity index (χ2n) is 9.21. The Hall–Kier alpha value is -3.12. The highest BCUT2D eigenvalue weighted by molar-refractivity contribution is 7.10. The van der Waals surface area contributed by atoms with Crippen LogP contribution in [0.2, 0.25) is 0 Å². The van der Waals surface area contributed by atoms with Crippen molar-refractivity contribution in [1.82, 2.24) is 9.80 Å². The number of carbonyl (C=O) groups excluding carboxylic acids is 2. The summed E-state index contributed by atoms with van der Waals surface area (Å²) in [6.07, 6.45) is 1.95. The molecule has 35 heavy (non-hydrogen) atoms. The number of carbonyl (C=O) groups is 2. The van der Waals surface area contributed by atoms with Gasteiger partial charge in [-0.15, -0.1) is 11.3 Å². The normalized spacial score (nSPS) is 14.9. The van der Waals surface area contributed by atoms with Crippen molar-refractivity contribution >= 4 is 23.2 Å². The number of rotatable bonds is 9. The molecule has 0 fully saturated rings. The van der Waals surface area contributed by atoms with Gasteiger partial charge in [0.2, 0.25) is 11.8 Å². The Morgan fingerprint density at radius 2 is 1.91 bits per heavy atom. The average molecular weight is 491 g/mol. The largest absolute Gasteiger partial charge is 0.491 e. The lowest BCUT2D eigenvalue weighted by Crippen LogP contribution is -2.48. The van der Waals surface area contributed by atoms with Crippen LogP contribution in [0.15, 0.2) is 60.0 Å². The summed E-state index contributed by atoms with van der Waals surface area (Å²) in [7, 11) is 0. The molecule has 0 spiro atoms. The van der Waals surface area contributed by atoms with E-state index >= 15 is 0 Å². The number of benzene rings is 2. The van der Waals surface area contributed by atoms with Gasteiger partial charge in [-0.3, -0.25) is 9.59 Å². The Kier molecular flexibility index (Phi) is 8.24. The van der Waals surface area contributed by atoms with Crippen LogP contribution in [0.1, 0.15) is 46.5 Å². The van der Waals surface area contributed by atoms with Gasteiger partial charge < -0.3 is 14.5 Å². The first-order chi connectivity index (χ1) is 17.0. The minimum Gasteiger partial charge on any atom is -0.491 e. The first-order valence-corrected chi connectivity index (χ1v) is 13.2. The van der Waals surface area contributed by atoms with Crippen LogP contribution in [0, 0.1) is 13.8 Å². The molecule has 0 saturated heterocycles. The Morgan fingerprint density at radius 3 is 2.66 bits per heavy atom. The predicted molar refractivity (Wildman–Crippen MR) is 141 cm³/mol. The van der Waals surface area contributed by atoms with Gasteiger partial charge in [0.1, 0.15) is 12.4 Å². The second-order valence-corrected chi connectivity index (χ2v) is 10.2. The molecule has 2 amide bonds. The van der Waals surface area contributed by atoms with Gasteiger partial charge in [-0.1, -0.05) is 55.0 Å². The molecule has 0 saturated carbocycles. The third-order valence-electron chi connectivity index (χ3n) is 6.51. The van der Waals surface area contributed by atoms with E-state index in [4.69, 9.17) is 4.74 Å². The molecule has 5 nitrogen and oxygen atoms in total. The zero-order valence-electron chi connectivity index (χ0n) is 20.8. The van der Waals surface area contributed by atoms with E-state index in [0.29, 0.717) is 26.1 Å². The molecule has 4 rings (SSSR count). The van der Waals surface area contributed by atoms with E-state index in [9.17, 15) is 9.59 Å². The van der Waals surface area contributed by atoms with Crippen molar-refractivity contribution in [2.75, 3.05) is 26.2 Å². The highest BCUT2D eigenvalue weighted by Crippen LogP contribution is 2.34. The predicted octanol–water partition coefficient (Wildman–Crippen LogP) is 5.35. The van der Waals surface area contributed by atoms with E-state index in [1.54, 1.807) is 16.2 Å². The Morgan fingerprint density at radius 1 is 1.11 bits per heavy atom. The van der Waals surface area contributed by atoms with Gasteiger partial charge in [0, 0.05) is 18.0 Å². The molecule has 0 N–H and O–H groups in total. The smallest absolute Gasteiger partial charge is 0.242 e. The van der Waals surface area contributed by atoms with Crippen molar-refractivity contribution in [3.8, 4) is 5.75 Å². The quantitative estimate of drug-likeness (QED) is 0.406. The number of hydrogen-bond donors (Lipinski definition) is 0. The van der Waals surface area contributed by atoms with Gasteiger partial charge in [0.15, 0.2) is 0 Å². The second kappa shape index (κ2) is 11.5. The third-order valence-corrected chi connectivity index (χ3v) is 7.51. The number of nitrogens with zero attached hydrogens (tertiary/aromatic N) is 2. The lowest BCUT2D eigenvalue weighted by atomic mass is 10.00. The van der Waals surface area contributed by atoms with Gasteiger partial charge >= 0.3 is 0 Å². The lowest BCUT2D eigenvalue weighted by molar-refractivity contribution is -0.142. The van der Waals surface area contributed by atoms with E-state index in [-0.39, 0.29) is 24.4 Å². The maximum atomic E-state index is 13.6. The third kappa shape index (κ3) is 6.12. The van der Waals surface area contributed by atoms with Crippen molar-refractivity contribution in [1.29, 1.82) is 0 Å². The summed E-state index contributed by atoms with van der Waals surface area (Å²) in [4.78, 5) is 31.6. The Labute approximate surface area is 212 Å². The van der Waals surface area contributed by atoms with Crippen molar-refractivity contribution in [3.05, 3.63) is 87.1 Å². The number of hydrogen-bond acceptors (Lipinski definition) is 4. The average Bonchev–Trinajstić information content (AvgIpc) is 3.33. The fourth-order valence-corrected chi connectivity index (χ4v) is 5.63. The lowest BCUT2D eigenvalue weighted by Gasteiger charge is -2.37. The number of ether oxygens (including phenoxy) is 1. The van der Waals surface area contributed by atoms with Crippen LogP contribution in [0.25, 0.3) is 0 Å². The number of fused-ring (bicyclic) bond motifs is 1. The summed E-state index contributed by atoms with van der Waals surface area (Å²) in [6, 6.07) is 17.8. The number of aryl methyl sites for hydroxylation is 2.